The van der Waals surface area contributed by atoms with Crippen LogP contribution in [0, 0.1) is 46.3 Å². The van der Waals surface area contributed by atoms with E-state index in [0.717, 1.165) is 44.2 Å². The summed E-state index contributed by atoms with van der Waals surface area (Å²) in [6, 6.07) is 0.0877. The topological polar surface area (TPSA) is 49.9 Å². The average molecular weight is 553 g/mol. The minimum Gasteiger partial charge on any atom is -0.465 e. The van der Waals surface area contributed by atoms with Gasteiger partial charge in [-0.1, -0.05) is 44.6 Å². The number of likely N-dealkylation sites (tertiary alicyclic amines) is 1. The highest BCUT2D eigenvalue weighted by atomic mass is 16.5. The van der Waals surface area contributed by atoms with E-state index in [1.54, 1.807) is 5.57 Å². The highest BCUT2D eigenvalue weighted by Crippen LogP contribution is 2.66. The van der Waals surface area contributed by atoms with Crippen LogP contribution in [0.15, 0.2) is 23.8 Å². The van der Waals surface area contributed by atoms with Crippen LogP contribution in [0.2, 0.25) is 0 Å². The summed E-state index contributed by atoms with van der Waals surface area (Å²) < 4.78 is 5.23. The highest BCUT2D eigenvalue weighted by molar-refractivity contribution is 5.89. The van der Waals surface area contributed by atoms with Crippen molar-refractivity contribution in [2.24, 2.45) is 46.3 Å². The molecular formula is C35H56N2O3. The predicted molar refractivity (Wildman–Crippen MR) is 162 cm³/mol. The fraction of sp³-hybridized carbons (Fsp3) is 0.829. The molecule has 40 heavy (non-hydrogen) atoms. The van der Waals surface area contributed by atoms with Gasteiger partial charge in [0.05, 0.1) is 6.04 Å². The maximum absolute atomic E-state index is 13.5. The van der Waals surface area contributed by atoms with Gasteiger partial charge in [-0.25, -0.2) is 0 Å². The van der Waals surface area contributed by atoms with Gasteiger partial charge < -0.3 is 4.74 Å². The van der Waals surface area contributed by atoms with E-state index in [-0.39, 0.29) is 28.9 Å². The minimum atomic E-state index is -0.193. The van der Waals surface area contributed by atoms with Crippen LogP contribution in [-0.4, -0.2) is 66.9 Å². The molecule has 1 aliphatic heterocycles. The molecule has 0 radical (unpaired) electrons. The molecule has 0 aromatic heterocycles. The van der Waals surface area contributed by atoms with Crippen LogP contribution >= 0.6 is 0 Å². The molecule has 9 atom stereocenters. The van der Waals surface area contributed by atoms with Crippen LogP contribution in [0.1, 0.15) is 92.9 Å². The lowest BCUT2D eigenvalue weighted by Gasteiger charge is -2.59. The van der Waals surface area contributed by atoms with Crippen LogP contribution in [0.3, 0.4) is 0 Å². The predicted octanol–water partition coefficient (Wildman–Crippen LogP) is 6.53. The second kappa shape index (κ2) is 11.0. The number of esters is 1. The number of ether oxygens (including phenoxy) is 1. The molecule has 5 rings (SSSR count). The smallest absolute Gasteiger partial charge is 0.302 e. The monoisotopic (exact) mass is 552 g/mol. The van der Waals surface area contributed by atoms with Crippen LogP contribution in [-0.2, 0) is 14.3 Å². The Morgan fingerprint density at radius 3 is 2.48 bits per heavy atom. The van der Waals surface area contributed by atoms with Crippen molar-refractivity contribution in [3.63, 3.8) is 0 Å². The SMILES string of the molecule is CC(=O)OCCN1CC/C(=C\C[C@@H](C)[C@H]2CC[C@H]3[C@@H]4C=CC5C(=O)[C@@H](N(C)C)CC[C@]5(C)[C@H]4CC[C@]23C)C1(C)C. The molecule has 1 heterocycles. The molecule has 1 unspecified atom stereocenters. The Bertz CT molecular complexity index is 1050. The lowest BCUT2D eigenvalue weighted by atomic mass is 9.46. The average Bonchev–Trinajstić information content (AvgIpc) is 3.37. The number of rotatable bonds is 7. The molecule has 0 amide bonds. The number of fused-ring (bicyclic) bond motifs is 5. The first-order valence-corrected chi connectivity index (χ1v) is 16.3. The van der Waals surface area contributed by atoms with Crippen molar-refractivity contribution in [3.8, 4) is 0 Å². The Kier molecular flexibility index (Phi) is 8.24. The standard InChI is InChI=1S/C35H56N2O3/c1-23(9-10-25-17-20-37(33(25,3)4)21-22-40-24(2)38)27-13-14-28-26-11-12-30-32(39)31(36(7)8)16-19-35(30,6)29(26)15-18-34(27,28)5/h10-12,23,26-31H,9,13-22H2,1-8H3/b25-10+/t23-,26+,27-,28+,29+,30?,31+,34-,35-/m1/s1. The minimum absolute atomic E-state index is 0.0297. The third-order valence-corrected chi connectivity index (χ3v) is 13.0. The van der Waals surface area contributed by atoms with Gasteiger partial charge in [-0.15, -0.1) is 0 Å². The van der Waals surface area contributed by atoms with E-state index in [4.69, 9.17) is 4.74 Å². The van der Waals surface area contributed by atoms with Gasteiger partial charge >= 0.3 is 5.97 Å². The molecule has 0 spiro atoms. The van der Waals surface area contributed by atoms with Gasteiger partial charge in [-0.2, -0.15) is 0 Å². The lowest BCUT2D eigenvalue weighted by molar-refractivity contribution is -0.142. The summed E-state index contributed by atoms with van der Waals surface area (Å²) in [6.07, 6.45) is 17.2. The summed E-state index contributed by atoms with van der Waals surface area (Å²) in [4.78, 5) is 29.3. The molecular weight excluding hydrogens is 496 g/mol. The Morgan fingerprint density at radius 1 is 1.07 bits per heavy atom. The third kappa shape index (κ3) is 4.95. The molecule has 224 valence electrons. The van der Waals surface area contributed by atoms with Crippen LogP contribution in [0.5, 0.6) is 0 Å². The van der Waals surface area contributed by atoms with Gasteiger partial charge in [-0.3, -0.25) is 19.4 Å². The normalized spacial score (nSPS) is 42.5. The summed E-state index contributed by atoms with van der Waals surface area (Å²) in [5.74, 6) is 3.87. The number of carbonyl (C=O) groups is 2. The second-order valence-corrected chi connectivity index (χ2v) is 15.4. The zero-order chi connectivity index (χ0) is 29.0. The van der Waals surface area contributed by atoms with E-state index in [0.29, 0.717) is 35.6 Å². The van der Waals surface area contributed by atoms with Crippen molar-refractivity contribution in [1.82, 2.24) is 9.80 Å². The van der Waals surface area contributed by atoms with Crippen LogP contribution in [0.4, 0.5) is 0 Å². The van der Waals surface area contributed by atoms with E-state index in [9.17, 15) is 9.59 Å². The van der Waals surface area contributed by atoms with E-state index in [1.165, 1.54) is 39.0 Å². The molecule has 0 bridgehead atoms. The van der Waals surface area contributed by atoms with Crippen molar-refractivity contribution in [1.29, 1.82) is 0 Å². The Balaban J connectivity index is 1.26. The fourth-order valence-electron chi connectivity index (χ4n) is 10.5. The molecule has 1 saturated heterocycles. The number of ketones is 1. The number of Topliss-reactive ketones (excluding diaryl/α,β-unsaturated/α-hetero) is 1. The van der Waals surface area contributed by atoms with E-state index in [2.05, 4.69) is 76.7 Å². The Morgan fingerprint density at radius 2 is 1.77 bits per heavy atom. The summed E-state index contributed by atoms with van der Waals surface area (Å²) in [5.41, 5.74) is 2.12. The van der Waals surface area contributed by atoms with Crippen molar-refractivity contribution < 1.29 is 14.3 Å². The third-order valence-electron chi connectivity index (χ3n) is 13.0. The van der Waals surface area contributed by atoms with E-state index >= 15 is 0 Å². The number of likely N-dealkylation sites (N-methyl/N-ethyl adjacent to an activating group) is 1. The van der Waals surface area contributed by atoms with Crippen molar-refractivity contribution in [2.75, 3.05) is 33.8 Å². The number of carbonyl (C=O) groups excluding carboxylic acids is 2. The molecule has 0 aromatic carbocycles. The van der Waals surface area contributed by atoms with Gasteiger partial charge in [0.2, 0.25) is 0 Å². The number of allylic oxidation sites excluding steroid dienone is 3. The molecule has 4 fully saturated rings. The number of hydrogen-bond acceptors (Lipinski definition) is 5. The van der Waals surface area contributed by atoms with Gasteiger partial charge in [0.25, 0.3) is 0 Å². The first-order valence-electron chi connectivity index (χ1n) is 16.3. The highest BCUT2D eigenvalue weighted by Gasteiger charge is 2.61. The summed E-state index contributed by atoms with van der Waals surface area (Å²) in [7, 11) is 4.13. The molecule has 5 aliphatic rings. The van der Waals surface area contributed by atoms with Gasteiger partial charge in [0.1, 0.15) is 6.61 Å². The van der Waals surface area contributed by atoms with Gasteiger partial charge in [0, 0.05) is 31.5 Å². The molecule has 3 saturated carbocycles. The zero-order valence-corrected chi connectivity index (χ0v) is 26.7. The first kappa shape index (κ1) is 30.0. The van der Waals surface area contributed by atoms with Gasteiger partial charge in [-0.05, 0) is 120 Å². The maximum atomic E-state index is 13.5. The Labute approximate surface area is 244 Å². The molecule has 5 heteroatoms. The zero-order valence-electron chi connectivity index (χ0n) is 26.7. The van der Waals surface area contributed by atoms with Gasteiger partial charge in [0.15, 0.2) is 5.78 Å². The van der Waals surface area contributed by atoms with Crippen molar-refractivity contribution in [3.05, 3.63) is 23.8 Å². The number of nitrogens with zero attached hydrogens (tertiary/aromatic N) is 2. The summed E-state index contributed by atoms with van der Waals surface area (Å²) in [5, 5.41) is 0. The molecule has 0 N–H and O–H groups in total. The first-order chi connectivity index (χ1) is 18.8. The molecule has 5 nitrogen and oxygen atoms in total. The van der Waals surface area contributed by atoms with E-state index < -0.39 is 0 Å². The fourth-order valence-corrected chi connectivity index (χ4v) is 10.5. The molecule has 4 aliphatic carbocycles. The maximum Gasteiger partial charge on any atom is 0.302 e. The second-order valence-electron chi connectivity index (χ2n) is 15.4. The Hall–Kier alpha value is -1.46. The summed E-state index contributed by atoms with van der Waals surface area (Å²) >= 11 is 0. The number of hydrogen-bond donors (Lipinski definition) is 0. The largest absolute Gasteiger partial charge is 0.465 e. The van der Waals surface area contributed by atoms with Crippen LogP contribution in [0.25, 0.3) is 0 Å². The quantitative estimate of drug-likeness (QED) is 0.265. The van der Waals surface area contributed by atoms with Crippen molar-refractivity contribution >= 4 is 11.8 Å². The summed E-state index contributed by atoms with van der Waals surface area (Å²) in [6.45, 7) is 16.1. The lowest BCUT2D eigenvalue weighted by Crippen LogP contribution is -2.57. The van der Waals surface area contributed by atoms with Crippen molar-refractivity contribution in [2.45, 2.75) is 104 Å². The molecule has 0 aromatic rings. The van der Waals surface area contributed by atoms with Crippen LogP contribution < -0.4 is 0 Å². The van der Waals surface area contributed by atoms with E-state index in [1.807, 2.05) is 0 Å².